The summed E-state index contributed by atoms with van der Waals surface area (Å²) in [4.78, 5) is 19.7. The highest BCUT2D eigenvalue weighted by molar-refractivity contribution is 7.20. The van der Waals surface area contributed by atoms with Crippen LogP contribution in [0.2, 0.25) is 0 Å². The van der Waals surface area contributed by atoms with Crippen LogP contribution in [0.1, 0.15) is 0 Å². The van der Waals surface area contributed by atoms with Gasteiger partial charge in [-0.3, -0.25) is 9.36 Å². The van der Waals surface area contributed by atoms with Gasteiger partial charge < -0.3 is 5.32 Å². The molecule has 0 saturated heterocycles. The molecular weight excluding hydrogens is 284 g/mol. The zero-order valence-corrected chi connectivity index (χ0v) is 11.3. The Kier molecular flexibility index (Phi) is 3.18. The lowest BCUT2D eigenvalue weighted by atomic mass is 10.3. The van der Waals surface area contributed by atoms with E-state index in [1.54, 1.807) is 12.5 Å². The van der Waals surface area contributed by atoms with Crippen molar-refractivity contribution in [3.8, 4) is 5.13 Å². The monoisotopic (exact) mass is 292 g/mol. The SMILES string of the molecule is O=C(CCl)Nc1ccc2nc(-n3ccnc3)sc2c1. The molecule has 0 spiro atoms. The highest BCUT2D eigenvalue weighted by Crippen LogP contribution is 2.27. The van der Waals surface area contributed by atoms with E-state index in [9.17, 15) is 4.79 Å². The maximum atomic E-state index is 11.2. The molecule has 0 aliphatic heterocycles. The summed E-state index contributed by atoms with van der Waals surface area (Å²) in [6.45, 7) is 0. The maximum absolute atomic E-state index is 11.2. The molecule has 2 aromatic heterocycles. The number of carbonyl (C=O) groups is 1. The molecule has 3 aromatic rings. The van der Waals surface area contributed by atoms with Crippen molar-refractivity contribution in [1.82, 2.24) is 14.5 Å². The normalized spacial score (nSPS) is 10.8. The van der Waals surface area contributed by atoms with Crippen molar-refractivity contribution in [1.29, 1.82) is 0 Å². The van der Waals surface area contributed by atoms with Gasteiger partial charge in [0.05, 0.1) is 10.2 Å². The third kappa shape index (κ3) is 2.45. The van der Waals surface area contributed by atoms with Gasteiger partial charge in [-0.15, -0.1) is 11.6 Å². The van der Waals surface area contributed by atoms with Crippen LogP contribution in [0.3, 0.4) is 0 Å². The highest BCUT2D eigenvalue weighted by atomic mass is 35.5. The first-order chi connectivity index (χ1) is 9.26. The first-order valence-electron chi connectivity index (χ1n) is 5.51. The molecule has 0 radical (unpaired) electrons. The summed E-state index contributed by atoms with van der Waals surface area (Å²) in [6, 6.07) is 5.57. The van der Waals surface area contributed by atoms with E-state index in [-0.39, 0.29) is 11.8 Å². The van der Waals surface area contributed by atoms with Crippen molar-refractivity contribution in [3.05, 3.63) is 36.9 Å². The average Bonchev–Trinajstić information content (AvgIpc) is 3.06. The molecule has 19 heavy (non-hydrogen) atoms. The Morgan fingerprint density at radius 2 is 2.37 bits per heavy atom. The van der Waals surface area contributed by atoms with Gasteiger partial charge >= 0.3 is 0 Å². The molecule has 96 valence electrons. The first-order valence-corrected chi connectivity index (χ1v) is 6.86. The number of alkyl halides is 1. The number of anilines is 1. The number of halogens is 1. The minimum Gasteiger partial charge on any atom is -0.325 e. The predicted molar refractivity (Wildman–Crippen MR) is 76.1 cm³/mol. The Morgan fingerprint density at radius 3 is 3.11 bits per heavy atom. The Morgan fingerprint density at radius 1 is 1.47 bits per heavy atom. The first kappa shape index (κ1) is 12.1. The molecule has 7 heteroatoms. The third-order valence-electron chi connectivity index (χ3n) is 2.51. The van der Waals surface area contributed by atoms with Crippen molar-refractivity contribution in [3.63, 3.8) is 0 Å². The molecule has 0 bridgehead atoms. The Hall–Kier alpha value is -1.92. The van der Waals surface area contributed by atoms with Gasteiger partial charge in [0.1, 0.15) is 12.2 Å². The molecular formula is C12H9ClN4OS. The Bertz CT molecular complexity index is 722. The van der Waals surface area contributed by atoms with E-state index >= 15 is 0 Å². The van der Waals surface area contributed by atoms with Crippen LogP contribution < -0.4 is 5.32 Å². The number of hydrogen-bond acceptors (Lipinski definition) is 4. The topological polar surface area (TPSA) is 59.8 Å². The quantitative estimate of drug-likeness (QED) is 0.755. The number of benzene rings is 1. The molecule has 0 unspecified atom stereocenters. The fourth-order valence-corrected chi connectivity index (χ4v) is 2.69. The minimum absolute atomic E-state index is 0.0545. The van der Waals surface area contributed by atoms with E-state index in [2.05, 4.69) is 15.3 Å². The van der Waals surface area contributed by atoms with Crippen molar-refractivity contribution in [2.45, 2.75) is 0 Å². The van der Waals surface area contributed by atoms with E-state index in [0.717, 1.165) is 21.0 Å². The molecule has 2 heterocycles. The van der Waals surface area contributed by atoms with Crippen molar-refractivity contribution < 1.29 is 4.79 Å². The van der Waals surface area contributed by atoms with Crippen molar-refractivity contribution in [2.24, 2.45) is 0 Å². The molecule has 1 amide bonds. The number of nitrogens with zero attached hydrogens (tertiary/aromatic N) is 3. The lowest BCUT2D eigenvalue weighted by Crippen LogP contribution is -2.12. The van der Waals surface area contributed by atoms with Crippen LogP contribution in [0.5, 0.6) is 0 Å². The number of aromatic nitrogens is 3. The number of hydrogen-bond donors (Lipinski definition) is 1. The average molecular weight is 293 g/mol. The summed E-state index contributed by atoms with van der Waals surface area (Å²) in [7, 11) is 0. The van der Waals surface area contributed by atoms with Gasteiger partial charge in [-0.25, -0.2) is 9.97 Å². The second kappa shape index (κ2) is 4.99. The van der Waals surface area contributed by atoms with Gasteiger partial charge in [0.2, 0.25) is 5.91 Å². The molecule has 5 nitrogen and oxygen atoms in total. The smallest absolute Gasteiger partial charge is 0.239 e. The van der Waals surface area contributed by atoms with E-state index in [4.69, 9.17) is 11.6 Å². The predicted octanol–water partition coefficient (Wildman–Crippen LogP) is 2.66. The van der Waals surface area contributed by atoms with E-state index in [1.807, 2.05) is 29.0 Å². The van der Waals surface area contributed by atoms with Crippen LogP contribution >= 0.6 is 22.9 Å². The summed E-state index contributed by atoms with van der Waals surface area (Å²) in [6.07, 6.45) is 5.25. The second-order valence-electron chi connectivity index (χ2n) is 3.83. The fourth-order valence-electron chi connectivity index (χ4n) is 1.67. The summed E-state index contributed by atoms with van der Waals surface area (Å²) < 4.78 is 2.85. The Labute approximate surface area is 117 Å². The molecule has 1 aromatic carbocycles. The second-order valence-corrected chi connectivity index (χ2v) is 5.11. The standard InChI is InChI=1S/C12H9ClN4OS/c13-6-11(18)15-8-1-2-9-10(5-8)19-12(16-9)17-4-3-14-7-17/h1-5,7H,6H2,(H,15,18). The zero-order chi connectivity index (χ0) is 13.2. The van der Waals surface area contributed by atoms with Gasteiger partial charge in [0.25, 0.3) is 0 Å². The van der Waals surface area contributed by atoms with Crippen LogP contribution in [0, 0.1) is 0 Å². The van der Waals surface area contributed by atoms with Crippen LogP contribution in [0.4, 0.5) is 5.69 Å². The number of fused-ring (bicyclic) bond motifs is 1. The molecule has 0 aliphatic carbocycles. The summed E-state index contributed by atoms with van der Waals surface area (Å²) in [5.74, 6) is -0.276. The Balaban J connectivity index is 1.97. The largest absolute Gasteiger partial charge is 0.325 e. The van der Waals surface area contributed by atoms with E-state index in [0.29, 0.717) is 0 Å². The molecule has 3 rings (SSSR count). The number of imidazole rings is 1. The number of nitrogens with one attached hydrogen (secondary N) is 1. The van der Waals surface area contributed by atoms with Crippen LogP contribution in [-0.4, -0.2) is 26.3 Å². The molecule has 0 saturated carbocycles. The third-order valence-corrected chi connectivity index (χ3v) is 3.78. The van der Waals surface area contributed by atoms with Crippen LogP contribution in [0.25, 0.3) is 15.3 Å². The van der Waals surface area contributed by atoms with Crippen LogP contribution in [0.15, 0.2) is 36.9 Å². The van der Waals surface area contributed by atoms with Gasteiger partial charge in [0, 0.05) is 18.1 Å². The zero-order valence-electron chi connectivity index (χ0n) is 9.71. The summed E-state index contributed by atoms with van der Waals surface area (Å²) in [5.41, 5.74) is 1.61. The molecule has 0 fully saturated rings. The number of carbonyl (C=O) groups excluding carboxylic acids is 1. The molecule has 0 atom stereocenters. The lowest BCUT2D eigenvalue weighted by molar-refractivity contribution is -0.113. The van der Waals surface area contributed by atoms with Gasteiger partial charge in [-0.2, -0.15) is 0 Å². The number of amides is 1. The number of thiazole rings is 1. The maximum Gasteiger partial charge on any atom is 0.239 e. The molecule has 1 N–H and O–H groups in total. The summed E-state index contributed by atoms with van der Waals surface area (Å²) >= 11 is 6.99. The van der Waals surface area contributed by atoms with Crippen molar-refractivity contribution >= 4 is 44.7 Å². The lowest BCUT2D eigenvalue weighted by Gasteiger charge is -2.01. The molecule has 0 aliphatic rings. The van der Waals surface area contributed by atoms with Gasteiger partial charge in [-0.1, -0.05) is 11.3 Å². The van der Waals surface area contributed by atoms with Gasteiger partial charge in [0.15, 0.2) is 5.13 Å². The number of rotatable bonds is 3. The van der Waals surface area contributed by atoms with Crippen LogP contribution in [-0.2, 0) is 4.79 Å². The minimum atomic E-state index is -0.222. The fraction of sp³-hybridized carbons (Fsp3) is 0.0833. The van der Waals surface area contributed by atoms with Gasteiger partial charge in [-0.05, 0) is 18.2 Å². The van der Waals surface area contributed by atoms with Crippen molar-refractivity contribution in [2.75, 3.05) is 11.2 Å². The summed E-state index contributed by atoms with van der Waals surface area (Å²) in [5, 5.41) is 3.56. The highest BCUT2D eigenvalue weighted by Gasteiger charge is 2.07. The van der Waals surface area contributed by atoms with E-state index < -0.39 is 0 Å². The van der Waals surface area contributed by atoms with E-state index in [1.165, 1.54) is 11.3 Å².